The molecule has 0 fully saturated rings. The Hall–Kier alpha value is -2.15. The summed E-state index contributed by atoms with van der Waals surface area (Å²) in [5.74, 6) is 0. The minimum Gasteiger partial charge on any atom is -0.287 e. The molecule has 0 aromatic heterocycles. The van der Waals surface area contributed by atoms with Gasteiger partial charge in [-0.2, -0.15) is 0 Å². The Labute approximate surface area is 120 Å². The summed E-state index contributed by atoms with van der Waals surface area (Å²) in [7, 11) is 0. The van der Waals surface area contributed by atoms with Crippen LogP contribution in [-0.2, 0) is 0 Å². The molecular formula is C19H19N. The van der Waals surface area contributed by atoms with Gasteiger partial charge in [-0.25, -0.2) is 0 Å². The molecule has 100 valence electrons. The maximum atomic E-state index is 4.70. The normalized spacial score (nSPS) is 12.6. The van der Waals surface area contributed by atoms with Crippen LogP contribution < -0.4 is 0 Å². The minimum absolute atomic E-state index is 0.0575. The summed E-state index contributed by atoms with van der Waals surface area (Å²) in [5, 5.41) is 5.06. The number of hydrogen-bond acceptors (Lipinski definition) is 1. The first-order valence-electron chi connectivity index (χ1n) is 7.00. The van der Waals surface area contributed by atoms with E-state index in [1.807, 2.05) is 6.21 Å². The van der Waals surface area contributed by atoms with Gasteiger partial charge in [0.25, 0.3) is 0 Å². The van der Waals surface area contributed by atoms with Gasteiger partial charge >= 0.3 is 0 Å². The maximum Gasteiger partial charge on any atom is 0.0524 e. The number of rotatable bonds is 1. The highest BCUT2D eigenvalue weighted by Crippen LogP contribution is 2.27. The minimum atomic E-state index is -0.0575. The van der Waals surface area contributed by atoms with Gasteiger partial charge in [-0.1, -0.05) is 48.5 Å². The smallest absolute Gasteiger partial charge is 0.0524 e. The van der Waals surface area contributed by atoms with Crippen molar-refractivity contribution in [2.75, 3.05) is 0 Å². The van der Waals surface area contributed by atoms with Crippen molar-refractivity contribution in [3.8, 4) is 0 Å². The van der Waals surface area contributed by atoms with Gasteiger partial charge < -0.3 is 0 Å². The third-order valence-corrected chi connectivity index (χ3v) is 3.39. The predicted octanol–water partition coefficient (Wildman–Crippen LogP) is 5.21. The molecule has 0 heterocycles. The monoisotopic (exact) mass is 261 g/mol. The second-order valence-corrected chi connectivity index (χ2v) is 6.16. The lowest BCUT2D eigenvalue weighted by molar-refractivity contribution is 0.587. The predicted molar refractivity (Wildman–Crippen MR) is 88.8 cm³/mol. The molecule has 3 rings (SSSR count). The van der Waals surface area contributed by atoms with Crippen molar-refractivity contribution in [2.45, 2.75) is 26.3 Å². The van der Waals surface area contributed by atoms with E-state index in [0.717, 1.165) is 0 Å². The van der Waals surface area contributed by atoms with Crippen LogP contribution in [-0.4, -0.2) is 11.8 Å². The molecule has 0 radical (unpaired) electrons. The van der Waals surface area contributed by atoms with Gasteiger partial charge in [0.1, 0.15) is 0 Å². The molecule has 3 aromatic rings. The van der Waals surface area contributed by atoms with Crippen molar-refractivity contribution < 1.29 is 0 Å². The molecule has 20 heavy (non-hydrogen) atoms. The Morgan fingerprint density at radius 2 is 1.30 bits per heavy atom. The highest BCUT2D eigenvalue weighted by atomic mass is 14.8. The van der Waals surface area contributed by atoms with Crippen molar-refractivity contribution in [2.24, 2.45) is 4.99 Å². The Morgan fingerprint density at radius 1 is 0.800 bits per heavy atom. The zero-order chi connectivity index (χ0) is 14.2. The van der Waals surface area contributed by atoms with Crippen LogP contribution in [0.15, 0.2) is 59.6 Å². The second kappa shape index (κ2) is 4.75. The number of nitrogens with zero attached hydrogens (tertiary/aromatic N) is 1. The lowest BCUT2D eigenvalue weighted by atomic mass is 9.97. The largest absolute Gasteiger partial charge is 0.287 e. The van der Waals surface area contributed by atoms with Gasteiger partial charge in [-0.05, 0) is 48.4 Å². The molecule has 0 spiro atoms. The summed E-state index contributed by atoms with van der Waals surface area (Å²) in [6, 6.07) is 19.3. The van der Waals surface area contributed by atoms with Crippen LogP contribution in [0.5, 0.6) is 0 Å². The third-order valence-electron chi connectivity index (χ3n) is 3.39. The summed E-state index contributed by atoms with van der Waals surface area (Å²) in [6.07, 6.45) is 2.03. The van der Waals surface area contributed by atoms with E-state index >= 15 is 0 Å². The lowest BCUT2D eigenvalue weighted by Gasteiger charge is -2.13. The number of hydrogen-bond donors (Lipinski definition) is 0. The molecule has 0 bridgehead atoms. The summed E-state index contributed by atoms with van der Waals surface area (Å²) >= 11 is 0. The fourth-order valence-corrected chi connectivity index (χ4v) is 2.45. The van der Waals surface area contributed by atoms with Gasteiger partial charge in [-0.15, -0.1) is 0 Å². The molecule has 1 nitrogen and oxygen atoms in total. The zero-order valence-electron chi connectivity index (χ0n) is 12.2. The van der Waals surface area contributed by atoms with Crippen molar-refractivity contribution in [1.82, 2.24) is 0 Å². The van der Waals surface area contributed by atoms with Crippen LogP contribution in [0.2, 0.25) is 0 Å². The van der Waals surface area contributed by atoms with Crippen molar-refractivity contribution in [3.63, 3.8) is 0 Å². The van der Waals surface area contributed by atoms with E-state index in [2.05, 4.69) is 75.4 Å². The van der Waals surface area contributed by atoms with Crippen LogP contribution in [0, 0.1) is 0 Å². The molecule has 0 atom stereocenters. The molecular weight excluding hydrogens is 242 g/mol. The van der Waals surface area contributed by atoms with Crippen LogP contribution in [0.25, 0.3) is 21.5 Å². The number of benzene rings is 3. The molecule has 3 aromatic carbocycles. The zero-order valence-corrected chi connectivity index (χ0v) is 12.2. The molecule has 0 saturated carbocycles. The van der Waals surface area contributed by atoms with Gasteiger partial charge in [0, 0.05) is 11.8 Å². The fourth-order valence-electron chi connectivity index (χ4n) is 2.45. The Kier molecular flexibility index (Phi) is 3.06. The van der Waals surface area contributed by atoms with Crippen LogP contribution in [0.4, 0.5) is 0 Å². The standard InChI is InChI=1S/C19H19N/c1-19(2,3)20-13-18-16-10-6-4-8-14(16)12-15-9-5-7-11-17(15)18/h4-13H,1-3H3. The van der Waals surface area contributed by atoms with Crippen molar-refractivity contribution in [1.29, 1.82) is 0 Å². The van der Waals surface area contributed by atoms with Gasteiger partial charge in [0.05, 0.1) is 5.54 Å². The first-order chi connectivity index (χ1) is 9.54. The van der Waals surface area contributed by atoms with E-state index in [1.54, 1.807) is 0 Å². The summed E-state index contributed by atoms with van der Waals surface area (Å²) in [4.78, 5) is 4.70. The van der Waals surface area contributed by atoms with Crippen molar-refractivity contribution in [3.05, 3.63) is 60.2 Å². The van der Waals surface area contributed by atoms with E-state index in [1.165, 1.54) is 27.1 Å². The highest BCUT2D eigenvalue weighted by Gasteiger charge is 2.08. The topological polar surface area (TPSA) is 12.4 Å². The van der Waals surface area contributed by atoms with Crippen LogP contribution in [0.1, 0.15) is 26.3 Å². The fraction of sp³-hybridized carbons (Fsp3) is 0.211. The Morgan fingerprint density at radius 3 is 1.80 bits per heavy atom. The van der Waals surface area contributed by atoms with E-state index in [0.29, 0.717) is 0 Å². The molecule has 0 N–H and O–H groups in total. The highest BCUT2D eigenvalue weighted by molar-refractivity contribution is 6.13. The van der Waals surface area contributed by atoms with Crippen LogP contribution in [0.3, 0.4) is 0 Å². The first-order valence-corrected chi connectivity index (χ1v) is 7.00. The van der Waals surface area contributed by atoms with Gasteiger partial charge in [-0.3, -0.25) is 4.99 Å². The van der Waals surface area contributed by atoms with E-state index < -0.39 is 0 Å². The van der Waals surface area contributed by atoms with Crippen LogP contribution >= 0.6 is 0 Å². The first kappa shape index (κ1) is 12.9. The summed E-state index contributed by atoms with van der Waals surface area (Å²) in [5.41, 5.74) is 1.16. The Bertz CT molecular complexity index is 738. The average molecular weight is 261 g/mol. The molecule has 0 aliphatic rings. The van der Waals surface area contributed by atoms with E-state index in [9.17, 15) is 0 Å². The maximum absolute atomic E-state index is 4.70. The molecule has 0 amide bonds. The quantitative estimate of drug-likeness (QED) is 0.421. The van der Waals surface area contributed by atoms with Gasteiger partial charge in [0.15, 0.2) is 0 Å². The third kappa shape index (κ3) is 2.44. The van der Waals surface area contributed by atoms with E-state index in [-0.39, 0.29) is 5.54 Å². The molecule has 0 saturated heterocycles. The molecule has 0 aliphatic carbocycles. The molecule has 0 unspecified atom stereocenters. The average Bonchev–Trinajstić information content (AvgIpc) is 2.42. The summed E-state index contributed by atoms with van der Waals surface area (Å²) in [6.45, 7) is 6.37. The SMILES string of the molecule is CC(C)(C)N=Cc1c2ccccc2cc2ccccc12. The Balaban J connectivity index is 2.36. The number of fused-ring (bicyclic) bond motifs is 2. The summed E-state index contributed by atoms with van der Waals surface area (Å²) < 4.78 is 0. The van der Waals surface area contributed by atoms with Crippen molar-refractivity contribution >= 4 is 27.8 Å². The lowest BCUT2D eigenvalue weighted by Crippen LogP contribution is -2.09. The molecule has 1 heteroatoms. The molecule has 0 aliphatic heterocycles. The van der Waals surface area contributed by atoms with Gasteiger partial charge in [0.2, 0.25) is 0 Å². The van der Waals surface area contributed by atoms with E-state index in [4.69, 9.17) is 4.99 Å². The number of aliphatic imine (C=N–C) groups is 1. The second-order valence-electron chi connectivity index (χ2n) is 6.16.